The second-order valence-electron chi connectivity index (χ2n) is 6.95. The van der Waals surface area contributed by atoms with Gasteiger partial charge >= 0.3 is 6.03 Å². The summed E-state index contributed by atoms with van der Waals surface area (Å²) in [6, 6.07) is 10.6. The first-order valence-electron chi connectivity index (χ1n) is 9.08. The Morgan fingerprint density at radius 2 is 1.79 bits per heavy atom. The second kappa shape index (κ2) is 8.18. The third-order valence-corrected chi connectivity index (χ3v) is 5.03. The monoisotopic (exact) mass is 329 g/mol. The van der Waals surface area contributed by atoms with Crippen molar-refractivity contribution in [2.24, 2.45) is 5.92 Å². The van der Waals surface area contributed by atoms with Gasteiger partial charge in [0.05, 0.1) is 0 Å². The molecule has 24 heavy (non-hydrogen) atoms. The largest absolute Gasteiger partial charge is 0.353 e. The van der Waals surface area contributed by atoms with Gasteiger partial charge in [0, 0.05) is 25.6 Å². The number of hydrogen-bond donors (Lipinski definition) is 3. The van der Waals surface area contributed by atoms with Crippen molar-refractivity contribution in [2.75, 3.05) is 13.1 Å². The molecular formula is C19H27N3O2. The first kappa shape index (κ1) is 16.8. The molecule has 0 bridgehead atoms. The number of urea groups is 1. The topological polar surface area (TPSA) is 70.2 Å². The number of amides is 3. The zero-order chi connectivity index (χ0) is 16.8. The molecule has 0 heterocycles. The molecule has 2 aliphatic rings. The Morgan fingerprint density at radius 3 is 2.54 bits per heavy atom. The van der Waals surface area contributed by atoms with Gasteiger partial charge in [0.2, 0.25) is 5.91 Å². The van der Waals surface area contributed by atoms with Crippen molar-refractivity contribution in [3.05, 3.63) is 35.9 Å². The van der Waals surface area contributed by atoms with Crippen LogP contribution in [0.3, 0.4) is 0 Å². The molecule has 2 saturated carbocycles. The lowest BCUT2D eigenvalue weighted by Crippen LogP contribution is -2.40. The molecule has 0 saturated heterocycles. The standard InChI is InChI=1S/C19H27N3O2/c23-18(22-16-8-4-5-9-16)10-11-20-19(24)21-13-15-12-17(15)14-6-2-1-3-7-14/h1-3,6-7,15-17H,4-5,8-13H2,(H,22,23)(H2,20,21,24)/t15-,17-/m1/s1. The van der Waals surface area contributed by atoms with Crippen LogP contribution in [0.4, 0.5) is 4.79 Å². The van der Waals surface area contributed by atoms with Crippen molar-refractivity contribution in [3.63, 3.8) is 0 Å². The van der Waals surface area contributed by atoms with Crippen molar-refractivity contribution in [3.8, 4) is 0 Å². The Balaban J connectivity index is 1.25. The van der Waals surface area contributed by atoms with E-state index < -0.39 is 0 Å². The van der Waals surface area contributed by atoms with Gasteiger partial charge in [0.25, 0.3) is 0 Å². The quantitative estimate of drug-likeness (QED) is 0.719. The van der Waals surface area contributed by atoms with Crippen LogP contribution in [0.15, 0.2) is 30.3 Å². The minimum atomic E-state index is -0.178. The highest BCUT2D eigenvalue weighted by atomic mass is 16.2. The molecule has 0 aromatic heterocycles. The van der Waals surface area contributed by atoms with E-state index in [1.807, 2.05) is 6.07 Å². The SMILES string of the molecule is O=C(CCNC(=O)NC[C@H]1C[C@@H]1c1ccccc1)NC1CCCC1. The van der Waals surface area contributed by atoms with Crippen LogP contribution in [-0.2, 0) is 4.79 Å². The molecule has 0 radical (unpaired) electrons. The molecule has 2 fully saturated rings. The summed E-state index contributed by atoms with van der Waals surface area (Å²) in [5.74, 6) is 1.14. The van der Waals surface area contributed by atoms with E-state index in [2.05, 4.69) is 40.2 Å². The van der Waals surface area contributed by atoms with Crippen molar-refractivity contribution < 1.29 is 9.59 Å². The number of nitrogens with one attached hydrogen (secondary N) is 3. The molecule has 3 rings (SSSR count). The highest BCUT2D eigenvalue weighted by Crippen LogP contribution is 2.46. The maximum atomic E-state index is 11.8. The Morgan fingerprint density at radius 1 is 1.04 bits per heavy atom. The zero-order valence-electron chi connectivity index (χ0n) is 14.1. The van der Waals surface area contributed by atoms with E-state index in [4.69, 9.17) is 0 Å². The third-order valence-electron chi connectivity index (χ3n) is 5.03. The summed E-state index contributed by atoms with van der Waals surface area (Å²) < 4.78 is 0. The number of benzene rings is 1. The summed E-state index contributed by atoms with van der Waals surface area (Å²) in [4.78, 5) is 23.6. The average Bonchev–Trinajstić information content (AvgIpc) is 3.20. The molecule has 2 aliphatic carbocycles. The molecule has 0 aliphatic heterocycles. The number of rotatable bonds is 7. The van der Waals surface area contributed by atoms with E-state index in [-0.39, 0.29) is 11.9 Å². The average molecular weight is 329 g/mol. The van der Waals surface area contributed by atoms with Crippen LogP contribution in [0.2, 0.25) is 0 Å². The van der Waals surface area contributed by atoms with Crippen molar-refractivity contribution >= 4 is 11.9 Å². The van der Waals surface area contributed by atoms with E-state index in [1.54, 1.807) is 0 Å². The van der Waals surface area contributed by atoms with Gasteiger partial charge in [0.15, 0.2) is 0 Å². The van der Waals surface area contributed by atoms with Gasteiger partial charge in [-0.05, 0) is 36.7 Å². The number of carbonyl (C=O) groups is 2. The van der Waals surface area contributed by atoms with Crippen LogP contribution in [0.25, 0.3) is 0 Å². The highest BCUT2D eigenvalue weighted by molar-refractivity contribution is 5.78. The molecule has 1 aromatic carbocycles. The summed E-state index contributed by atoms with van der Waals surface area (Å²) in [5, 5.41) is 8.70. The number of hydrogen-bond acceptors (Lipinski definition) is 2. The van der Waals surface area contributed by atoms with E-state index in [0.29, 0.717) is 37.4 Å². The fourth-order valence-electron chi connectivity index (χ4n) is 3.53. The summed E-state index contributed by atoms with van der Waals surface area (Å²) in [6.07, 6.45) is 6.06. The van der Waals surface area contributed by atoms with Gasteiger partial charge < -0.3 is 16.0 Å². The van der Waals surface area contributed by atoms with Crippen LogP contribution in [0, 0.1) is 5.92 Å². The summed E-state index contributed by atoms with van der Waals surface area (Å²) in [5.41, 5.74) is 1.35. The van der Waals surface area contributed by atoms with Gasteiger partial charge in [-0.15, -0.1) is 0 Å². The maximum absolute atomic E-state index is 11.8. The zero-order valence-corrected chi connectivity index (χ0v) is 14.1. The Labute approximate surface area is 143 Å². The minimum absolute atomic E-state index is 0.0357. The van der Waals surface area contributed by atoms with Gasteiger partial charge in [-0.2, -0.15) is 0 Å². The first-order valence-corrected chi connectivity index (χ1v) is 9.08. The van der Waals surface area contributed by atoms with Crippen molar-refractivity contribution in [2.45, 2.75) is 50.5 Å². The summed E-state index contributed by atoms with van der Waals surface area (Å²) >= 11 is 0. The lowest BCUT2D eigenvalue weighted by atomic mass is 10.1. The molecule has 2 atom stereocenters. The Kier molecular flexibility index (Phi) is 5.72. The van der Waals surface area contributed by atoms with Crippen LogP contribution in [0.1, 0.15) is 50.0 Å². The smallest absolute Gasteiger partial charge is 0.314 e. The van der Waals surface area contributed by atoms with Crippen LogP contribution in [-0.4, -0.2) is 31.1 Å². The molecular weight excluding hydrogens is 302 g/mol. The van der Waals surface area contributed by atoms with E-state index in [0.717, 1.165) is 19.3 Å². The van der Waals surface area contributed by atoms with Gasteiger partial charge in [-0.25, -0.2) is 4.79 Å². The molecule has 5 heteroatoms. The minimum Gasteiger partial charge on any atom is -0.353 e. The van der Waals surface area contributed by atoms with Gasteiger partial charge in [-0.1, -0.05) is 43.2 Å². The molecule has 130 valence electrons. The van der Waals surface area contributed by atoms with E-state index in [1.165, 1.54) is 18.4 Å². The summed E-state index contributed by atoms with van der Waals surface area (Å²) in [6.45, 7) is 1.08. The predicted octanol–water partition coefficient (Wildman–Crippen LogP) is 2.54. The Hall–Kier alpha value is -2.04. The van der Waals surface area contributed by atoms with E-state index in [9.17, 15) is 9.59 Å². The fraction of sp³-hybridized carbons (Fsp3) is 0.579. The lowest BCUT2D eigenvalue weighted by Gasteiger charge is -2.12. The van der Waals surface area contributed by atoms with Crippen molar-refractivity contribution in [1.29, 1.82) is 0 Å². The molecule has 3 N–H and O–H groups in total. The van der Waals surface area contributed by atoms with E-state index >= 15 is 0 Å². The fourth-order valence-corrected chi connectivity index (χ4v) is 3.53. The van der Waals surface area contributed by atoms with Gasteiger partial charge in [0.1, 0.15) is 0 Å². The lowest BCUT2D eigenvalue weighted by molar-refractivity contribution is -0.121. The normalized spacial score (nSPS) is 22.8. The number of carbonyl (C=O) groups excluding carboxylic acids is 2. The van der Waals surface area contributed by atoms with Crippen molar-refractivity contribution in [1.82, 2.24) is 16.0 Å². The first-order chi connectivity index (χ1) is 11.7. The molecule has 0 spiro atoms. The van der Waals surface area contributed by atoms with Crippen LogP contribution in [0.5, 0.6) is 0 Å². The Bertz CT molecular complexity index is 555. The highest BCUT2D eigenvalue weighted by Gasteiger charge is 2.37. The van der Waals surface area contributed by atoms with Gasteiger partial charge in [-0.3, -0.25) is 4.79 Å². The maximum Gasteiger partial charge on any atom is 0.314 e. The third kappa shape index (κ3) is 4.98. The van der Waals surface area contributed by atoms with Crippen LogP contribution >= 0.6 is 0 Å². The molecule has 3 amide bonds. The molecule has 5 nitrogen and oxygen atoms in total. The van der Waals surface area contributed by atoms with Crippen LogP contribution < -0.4 is 16.0 Å². The molecule has 0 unspecified atom stereocenters. The second-order valence-corrected chi connectivity index (χ2v) is 6.95. The summed E-state index contributed by atoms with van der Waals surface area (Å²) in [7, 11) is 0. The molecule has 1 aromatic rings. The predicted molar refractivity (Wildman–Crippen MR) is 93.7 cm³/mol.